The smallest absolute Gasteiger partial charge is 0.217 e. The predicted octanol–water partition coefficient (Wildman–Crippen LogP) is 9.65. The van der Waals surface area contributed by atoms with E-state index in [1.54, 1.807) is 6.07 Å². The number of phenols is 1. The van der Waals surface area contributed by atoms with Crippen LogP contribution in [0.5, 0.6) is 17.4 Å². The van der Waals surface area contributed by atoms with Crippen LogP contribution in [-0.4, -0.2) is 22.0 Å². The van der Waals surface area contributed by atoms with Crippen LogP contribution in [0, 0.1) is 25.0 Å². The van der Waals surface area contributed by atoms with Crippen molar-refractivity contribution in [3.05, 3.63) is 130 Å². The van der Waals surface area contributed by atoms with Gasteiger partial charge in [-0.25, -0.2) is 9.83 Å². The average molecular weight is 801 g/mol. The molecule has 0 amide bonds. The molecule has 0 saturated heterocycles. The number of aliphatic imine (C=N–C) groups is 1. The second kappa shape index (κ2) is 12.0. The van der Waals surface area contributed by atoms with E-state index in [1.807, 2.05) is 49.4 Å². The summed E-state index contributed by atoms with van der Waals surface area (Å²) in [7, 11) is 0. The second-order valence-corrected chi connectivity index (χ2v) is 14.2. The summed E-state index contributed by atoms with van der Waals surface area (Å²) in [6.45, 7) is 20.5. The summed E-state index contributed by atoms with van der Waals surface area (Å²) in [6.07, 6.45) is 0.940. The van der Waals surface area contributed by atoms with Crippen molar-refractivity contribution >= 4 is 28.1 Å². The summed E-state index contributed by atoms with van der Waals surface area (Å²) in [4.78, 5) is 16.1. The first-order valence-electron chi connectivity index (χ1n) is 15.7. The predicted molar refractivity (Wildman–Crippen MR) is 184 cm³/mol. The van der Waals surface area contributed by atoms with E-state index in [2.05, 4.69) is 91.8 Å². The molecule has 2 heterocycles. The molecule has 7 heteroatoms. The number of aromatic hydroxyl groups is 1. The number of phenolic OH excluding ortho intramolecular Hbond substituents is 1. The molecule has 0 bridgehead atoms. The fourth-order valence-electron chi connectivity index (χ4n) is 6.86. The van der Waals surface area contributed by atoms with E-state index in [-0.39, 0.29) is 49.7 Å². The van der Waals surface area contributed by atoms with Crippen LogP contribution in [0.2, 0.25) is 0 Å². The van der Waals surface area contributed by atoms with Crippen LogP contribution in [0.25, 0.3) is 15.7 Å². The Kier molecular flexibility index (Phi) is 8.27. The van der Waals surface area contributed by atoms with Gasteiger partial charge in [-0.1, -0.05) is 90.1 Å². The largest absolute Gasteiger partial charge is 0.506 e. The van der Waals surface area contributed by atoms with Gasteiger partial charge >= 0.3 is 0 Å². The van der Waals surface area contributed by atoms with Crippen molar-refractivity contribution in [3.8, 4) is 17.4 Å². The van der Waals surface area contributed by atoms with Crippen molar-refractivity contribution in [1.82, 2.24) is 4.98 Å². The number of anilines is 1. The maximum absolute atomic E-state index is 10.9. The zero-order chi connectivity index (χ0) is 32.4. The molecule has 0 unspecified atom stereocenters. The van der Waals surface area contributed by atoms with Gasteiger partial charge in [-0.05, 0) is 64.3 Å². The Labute approximate surface area is 291 Å². The van der Waals surface area contributed by atoms with E-state index >= 15 is 0 Å². The Morgan fingerprint density at radius 3 is 2.47 bits per heavy atom. The third-order valence-corrected chi connectivity index (χ3v) is 9.20. The summed E-state index contributed by atoms with van der Waals surface area (Å²) in [5.74, 6) is 1.85. The number of nitrogens with zero attached hydrogens (tertiary/aromatic N) is 4. The van der Waals surface area contributed by atoms with E-state index in [9.17, 15) is 5.11 Å². The minimum absolute atomic E-state index is 0. The number of hydrogen-bond donors (Lipinski definition) is 1. The first kappa shape index (κ1) is 32.5. The summed E-state index contributed by atoms with van der Waals surface area (Å²) < 4.78 is 6.32. The molecule has 240 valence electrons. The Bertz CT molecular complexity index is 2070. The molecule has 0 spiro atoms. The van der Waals surface area contributed by atoms with E-state index in [0.717, 1.165) is 40.0 Å². The summed E-state index contributed by atoms with van der Waals surface area (Å²) in [5.41, 5.74) is 7.38. The van der Waals surface area contributed by atoms with Crippen LogP contribution in [0.1, 0.15) is 68.5 Å². The summed E-state index contributed by atoms with van der Waals surface area (Å²) in [5, 5.41) is 11.7. The van der Waals surface area contributed by atoms with Crippen LogP contribution >= 0.6 is 0 Å². The molecule has 4 aromatic carbocycles. The zero-order valence-corrected chi connectivity index (χ0v) is 29.7. The molecule has 1 aromatic heterocycles. The number of benzene rings is 4. The molecular formula is C40H37N4O2Pt-. The minimum atomic E-state index is -0.0988. The van der Waals surface area contributed by atoms with Gasteiger partial charge in [0.25, 0.3) is 0 Å². The number of rotatable bonds is 4. The minimum Gasteiger partial charge on any atom is -0.506 e. The Morgan fingerprint density at radius 2 is 1.74 bits per heavy atom. The molecule has 47 heavy (non-hydrogen) atoms. The number of amidine groups is 1. The van der Waals surface area contributed by atoms with Crippen LogP contribution in [0.3, 0.4) is 0 Å². The van der Waals surface area contributed by atoms with Gasteiger partial charge < -0.3 is 19.7 Å². The number of hydrogen-bond acceptors (Lipinski definition) is 5. The Hall–Kier alpha value is -4.46. The van der Waals surface area contributed by atoms with Crippen LogP contribution in [0.15, 0.2) is 89.9 Å². The number of aryl methyl sites for hydroxylation is 1. The maximum atomic E-state index is 10.9. The third kappa shape index (κ3) is 5.94. The molecule has 1 aliphatic heterocycles. The standard InChI is InChI=1S/C40H37N4O2.Pt/c1-24-18-27(21-31(19-24)46-34-17-12-25-20-28(39(2,3)4)22-33(45)35(25)42-34)38-43-37-36(44(38)30-15-13-29(41-7)14-16-30)32-11-9-8-10-26(32)23-40(37,5)6;/h8-20,22,36-37,45H,23H2,1-6H3;/q-1;/t36-,37-;/m1./s1. The van der Waals surface area contributed by atoms with Crippen molar-refractivity contribution in [1.29, 1.82) is 0 Å². The van der Waals surface area contributed by atoms with Gasteiger partial charge in [-0.15, -0.1) is 17.2 Å². The topological polar surface area (TPSA) is 62.3 Å². The summed E-state index contributed by atoms with van der Waals surface area (Å²) in [6, 6.07) is 31.6. The molecule has 1 N–H and O–H groups in total. The fourth-order valence-corrected chi connectivity index (χ4v) is 6.86. The second-order valence-electron chi connectivity index (χ2n) is 14.2. The molecule has 5 aromatic rings. The van der Waals surface area contributed by atoms with Gasteiger partial charge in [0.05, 0.1) is 24.5 Å². The van der Waals surface area contributed by atoms with E-state index in [4.69, 9.17) is 16.3 Å². The van der Waals surface area contributed by atoms with Gasteiger partial charge in [-0.2, -0.15) is 0 Å². The molecule has 0 fully saturated rings. The SMILES string of the molecule is [C-]#[N+]c1ccc(N2C(c3[c-]c(Oc4ccc5cc(C(C)(C)C)cc(O)c5n4)cc(C)c3)=N[C@@H]3[C@H]2c2ccccc2CC3(C)C)cc1.[Pt]. The quantitative estimate of drug-likeness (QED) is 0.184. The van der Waals surface area contributed by atoms with Gasteiger partial charge in [0.1, 0.15) is 11.3 Å². The third-order valence-electron chi connectivity index (χ3n) is 9.20. The van der Waals surface area contributed by atoms with Crippen molar-refractivity contribution < 1.29 is 30.9 Å². The first-order chi connectivity index (χ1) is 21.9. The van der Waals surface area contributed by atoms with Crippen molar-refractivity contribution in [2.24, 2.45) is 10.4 Å². The molecule has 2 aliphatic rings. The van der Waals surface area contributed by atoms with Crippen molar-refractivity contribution in [2.75, 3.05) is 4.90 Å². The molecular weight excluding hydrogens is 764 g/mol. The number of pyridine rings is 1. The van der Waals surface area contributed by atoms with Crippen LogP contribution < -0.4 is 9.64 Å². The van der Waals surface area contributed by atoms with Gasteiger partial charge in [0, 0.05) is 44.0 Å². The fraction of sp³-hybridized carbons (Fsp3) is 0.275. The number of fused-ring (bicyclic) bond motifs is 4. The molecule has 0 radical (unpaired) electrons. The van der Waals surface area contributed by atoms with Crippen molar-refractivity contribution in [3.63, 3.8) is 0 Å². The normalized spacial score (nSPS) is 18.1. The maximum Gasteiger partial charge on any atom is 0.217 e. The van der Waals surface area contributed by atoms with Gasteiger partial charge in [-0.3, -0.25) is 0 Å². The number of aromatic nitrogens is 1. The molecule has 6 nitrogen and oxygen atoms in total. The van der Waals surface area contributed by atoms with E-state index < -0.39 is 0 Å². The van der Waals surface area contributed by atoms with Crippen LogP contribution in [0.4, 0.5) is 11.4 Å². The zero-order valence-electron chi connectivity index (χ0n) is 27.4. The molecule has 7 rings (SSSR count). The first-order valence-corrected chi connectivity index (χ1v) is 15.7. The van der Waals surface area contributed by atoms with E-state index in [0.29, 0.717) is 22.8 Å². The van der Waals surface area contributed by atoms with E-state index in [1.165, 1.54) is 11.1 Å². The summed E-state index contributed by atoms with van der Waals surface area (Å²) >= 11 is 0. The van der Waals surface area contributed by atoms with Gasteiger partial charge in [0.15, 0.2) is 5.69 Å². The number of ether oxygens (including phenoxy) is 1. The Balaban J connectivity index is 0.00000386. The van der Waals surface area contributed by atoms with Gasteiger partial charge in [0.2, 0.25) is 5.88 Å². The van der Waals surface area contributed by atoms with Crippen LogP contribution in [-0.2, 0) is 32.9 Å². The monoisotopic (exact) mass is 800 g/mol. The molecule has 2 atom stereocenters. The van der Waals surface area contributed by atoms with Crippen molar-refractivity contribution in [2.45, 2.75) is 65.5 Å². The average Bonchev–Trinajstić information content (AvgIpc) is 3.43. The molecule has 0 saturated carbocycles. The Morgan fingerprint density at radius 1 is 1.00 bits per heavy atom. The molecule has 1 aliphatic carbocycles.